The summed E-state index contributed by atoms with van der Waals surface area (Å²) in [5, 5.41) is 10.1. The lowest BCUT2D eigenvalue weighted by atomic mass is 10.2. The van der Waals surface area contributed by atoms with Crippen LogP contribution in [0.25, 0.3) is 5.65 Å². The van der Waals surface area contributed by atoms with E-state index in [0.717, 1.165) is 0 Å². The summed E-state index contributed by atoms with van der Waals surface area (Å²) in [5.41, 5.74) is 6.60. The van der Waals surface area contributed by atoms with Crippen molar-refractivity contribution in [1.82, 2.24) is 14.4 Å². The number of halogens is 1. The van der Waals surface area contributed by atoms with Gasteiger partial charge in [-0.25, -0.2) is 9.97 Å². The second kappa shape index (κ2) is 4.14. The maximum atomic E-state index is 9.68. The summed E-state index contributed by atoms with van der Waals surface area (Å²) in [6, 6.07) is 0. The van der Waals surface area contributed by atoms with E-state index in [0.29, 0.717) is 29.5 Å². The quantitative estimate of drug-likeness (QED) is 0.811. The van der Waals surface area contributed by atoms with E-state index in [1.807, 2.05) is 0 Å². The van der Waals surface area contributed by atoms with Gasteiger partial charge in [0, 0.05) is 12.4 Å². The predicted molar refractivity (Wildman–Crippen MR) is 56.6 cm³/mol. The smallest absolute Gasteiger partial charge is 0.155 e. The molecule has 0 saturated heterocycles. The molecule has 2 aromatic rings. The van der Waals surface area contributed by atoms with Crippen molar-refractivity contribution in [2.24, 2.45) is 5.73 Å². The van der Waals surface area contributed by atoms with Crippen LogP contribution in [-0.2, 0) is 0 Å². The van der Waals surface area contributed by atoms with E-state index in [4.69, 9.17) is 17.3 Å². The first kappa shape index (κ1) is 10.4. The van der Waals surface area contributed by atoms with Gasteiger partial charge in [-0.3, -0.25) is 0 Å². The Bertz CT molecular complexity index is 470. The number of hydrogen-bond acceptors (Lipinski definition) is 4. The Morgan fingerprint density at radius 1 is 1.53 bits per heavy atom. The van der Waals surface area contributed by atoms with Gasteiger partial charge in [0.2, 0.25) is 0 Å². The van der Waals surface area contributed by atoms with Crippen molar-refractivity contribution < 1.29 is 5.11 Å². The van der Waals surface area contributed by atoms with Gasteiger partial charge < -0.3 is 15.2 Å². The molecule has 0 bridgehead atoms. The molecule has 0 fully saturated rings. The van der Waals surface area contributed by atoms with Crippen LogP contribution in [0, 0.1) is 0 Å². The van der Waals surface area contributed by atoms with Gasteiger partial charge in [0.15, 0.2) is 5.65 Å². The third-order valence-corrected chi connectivity index (χ3v) is 2.31. The molecule has 6 heteroatoms. The highest BCUT2D eigenvalue weighted by molar-refractivity contribution is 6.29. The number of aliphatic hydroxyl groups is 1. The maximum Gasteiger partial charge on any atom is 0.155 e. The lowest BCUT2D eigenvalue weighted by Crippen LogP contribution is -2.06. The molecule has 1 atom stereocenters. The van der Waals surface area contributed by atoms with Crippen molar-refractivity contribution in [2.75, 3.05) is 6.54 Å². The van der Waals surface area contributed by atoms with Gasteiger partial charge in [0.05, 0.1) is 18.0 Å². The van der Waals surface area contributed by atoms with Crippen LogP contribution in [0.3, 0.4) is 0 Å². The third-order valence-electron chi connectivity index (χ3n) is 2.11. The molecule has 2 rings (SSSR count). The Labute approximate surface area is 91.5 Å². The number of nitrogens with zero attached hydrogens (tertiary/aromatic N) is 3. The van der Waals surface area contributed by atoms with Crippen molar-refractivity contribution >= 4 is 17.2 Å². The molecule has 2 aromatic heterocycles. The highest BCUT2D eigenvalue weighted by Crippen LogP contribution is 2.16. The SMILES string of the molecule is NCCC(O)c1cn2cc(Cl)ncc2n1. The summed E-state index contributed by atoms with van der Waals surface area (Å²) in [6.45, 7) is 0.425. The first-order chi connectivity index (χ1) is 7.20. The molecule has 0 radical (unpaired) electrons. The first-order valence-electron chi connectivity index (χ1n) is 4.59. The molecule has 5 nitrogen and oxygen atoms in total. The van der Waals surface area contributed by atoms with Crippen LogP contribution in [0.1, 0.15) is 18.2 Å². The summed E-state index contributed by atoms with van der Waals surface area (Å²) < 4.78 is 1.73. The zero-order chi connectivity index (χ0) is 10.8. The molecule has 0 saturated carbocycles. The molecule has 1 unspecified atom stereocenters. The molecule has 0 aromatic carbocycles. The minimum absolute atomic E-state index is 0.389. The van der Waals surface area contributed by atoms with Crippen molar-refractivity contribution in [2.45, 2.75) is 12.5 Å². The van der Waals surface area contributed by atoms with E-state index < -0.39 is 6.10 Å². The van der Waals surface area contributed by atoms with Crippen LogP contribution >= 0.6 is 11.6 Å². The number of fused-ring (bicyclic) bond motifs is 1. The molecule has 0 amide bonds. The molecule has 0 spiro atoms. The molecular formula is C9H11ClN4O. The molecule has 0 aliphatic heterocycles. The predicted octanol–water partition coefficient (Wildman–Crippen LogP) is 0.765. The molecule has 80 valence electrons. The molecule has 0 aliphatic rings. The number of imidazole rings is 1. The van der Waals surface area contributed by atoms with E-state index in [1.54, 1.807) is 23.0 Å². The van der Waals surface area contributed by atoms with Crippen LogP contribution in [0.4, 0.5) is 0 Å². The number of aliphatic hydroxyl groups excluding tert-OH is 1. The highest BCUT2D eigenvalue weighted by Gasteiger charge is 2.11. The summed E-state index contributed by atoms with van der Waals surface area (Å²) in [4.78, 5) is 8.11. The topological polar surface area (TPSA) is 76.4 Å². The second-order valence-corrected chi connectivity index (χ2v) is 3.62. The maximum absolute atomic E-state index is 9.68. The lowest BCUT2D eigenvalue weighted by molar-refractivity contribution is 0.166. The van der Waals surface area contributed by atoms with Gasteiger partial charge >= 0.3 is 0 Å². The van der Waals surface area contributed by atoms with Gasteiger partial charge in [-0.2, -0.15) is 0 Å². The zero-order valence-electron chi connectivity index (χ0n) is 7.97. The Kier molecular flexibility index (Phi) is 2.86. The van der Waals surface area contributed by atoms with E-state index in [2.05, 4.69) is 9.97 Å². The molecule has 15 heavy (non-hydrogen) atoms. The minimum atomic E-state index is -0.631. The van der Waals surface area contributed by atoms with Crippen LogP contribution in [0.15, 0.2) is 18.6 Å². The summed E-state index contributed by atoms with van der Waals surface area (Å²) in [5.74, 6) is 0. The normalized spacial score (nSPS) is 13.3. The van der Waals surface area contributed by atoms with Gasteiger partial charge in [-0.15, -0.1) is 0 Å². The number of hydrogen-bond donors (Lipinski definition) is 2. The van der Waals surface area contributed by atoms with E-state index in [-0.39, 0.29) is 0 Å². The van der Waals surface area contributed by atoms with Gasteiger partial charge in [0.25, 0.3) is 0 Å². The summed E-state index contributed by atoms with van der Waals surface area (Å²) in [7, 11) is 0. The average molecular weight is 227 g/mol. The monoisotopic (exact) mass is 226 g/mol. The van der Waals surface area contributed by atoms with E-state index in [9.17, 15) is 5.11 Å². The fourth-order valence-corrected chi connectivity index (χ4v) is 1.51. The van der Waals surface area contributed by atoms with E-state index in [1.165, 1.54) is 0 Å². The number of aromatic nitrogens is 3. The zero-order valence-corrected chi connectivity index (χ0v) is 8.72. The Balaban J connectivity index is 2.38. The number of rotatable bonds is 3. The summed E-state index contributed by atoms with van der Waals surface area (Å²) in [6.07, 6.45) is 4.78. The Morgan fingerprint density at radius 3 is 3.07 bits per heavy atom. The Hall–Kier alpha value is -1.17. The highest BCUT2D eigenvalue weighted by atomic mass is 35.5. The van der Waals surface area contributed by atoms with Crippen LogP contribution in [-0.4, -0.2) is 26.0 Å². The van der Waals surface area contributed by atoms with Crippen LogP contribution < -0.4 is 5.73 Å². The fraction of sp³-hybridized carbons (Fsp3) is 0.333. The van der Waals surface area contributed by atoms with Crippen molar-refractivity contribution in [3.05, 3.63) is 29.4 Å². The van der Waals surface area contributed by atoms with Crippen molar-refractivity contribution in [1.29, 1.82) is 0 Å². The standard InChI is InChI=1S/C9H11ClN4O/c10-8-5-14-4-6(7(15)1-2-11)13-9(14)3-12-8/h3-5,7,15H,1-2,11H2. The Morgan fingerprint density at radius 2 is 2.33 bits per heavy atom. The largest absolute Gasteiger partial charge is 0.387 e. The van der Waals surface area contributed by atoms with Gasteiger partial charge in [-0.05, 0) is 13.0 Å². The van der Waals surface area contributed by atoms with E-state index >= 15 is 0 Å². The van der Waals surface area contributed by atoms with Crippen molar-refractivity contribution in [3.8, 4) is 0 Å². The van der Waals surface area contributed by atoms with Gasteiger partial charge in [0.1, 0.15) is 5.15 Å². The van der Waals surface area contributed by atoms with Crippen molar-refractivity contribution in [3.63, 3.8) is 0 Å². The molecule has 3 N–H and O–H groups in total. The minimum Gasteiger partial charge on any atom is -0.387 e. The molecular weight excluding hydrogens is 216 g/mol. The fourth-order valence-electron chi connectivity index (χ4n) is 1.36. The lowest BCUT2D eigenvalue weighted by Gasteiger charge is -2.03. The first-order valence-corrected chi connectivity index (χ1v) is 4.97. The van der Waals surface area contributed by atoms with Gasteiger partial charge in [-0.1, -0.05) is 11.6 Å². The second-order valence-electron chi connectivity index (χ2n) is 3.23. The summed E-state index contributed by atoms with van der Waals surface area (Å²) >= 11 is 5.73. The average Bonchev–Trinajstić information content (AvgIpc) is 2.60. The molecule has 2 heterocycles. The third kappa shape index (κ3) is 2.09. The number of nitrogens with two attached hydrogens (primary N) is 1. The van der Waals surface area contributed by atoms with Crippen LogP contribution in [0.5, 0.6) is 0 Å². The van der Waals surface area contributed by atoms with Crippen LogP contribution in [0.2, 0.25) is 5.15 Å². The molecule has 0 aliphatic carbocycles.